The maximum absolute atomic E-state index is 2.28. The highest BCUT2D eigenvalue weighted by atomic mass is 14.1. The first-order valence-corrected chi connectivity index (χ1v) is 7.73. The van der Waals surface area contributed by atoms with E-state index < -0.39 is 0 Å². The van der Waals surface area contributed by atoms with Crippen LogP contribution in [0.3, 0.4) is 0 Å². The van der Waals surface area contributed by atoms with Crippen LogP contribution in [0.1, 0.15) is 25.0 Å². The Morgan fingerprint density at radius 3 is 2.24 bits per heavy atom. The minimum atomic E-state index is 0.687. The summed E-state index contributed by atoms with van der Waals surface area (Å²) in [5, 5.41) is 2.65. The number of benzene rings is 3. The fourth-order valence-electron chi connectivity index (χ4n) is 3.10. The molecule has 3 aromatic carbocycles. The van der Waals surface area contributed by atoms with Crippen molar-refractivity contribution in [1.29, 1.82) is 0 Å². The van der Waals surface area contributed by atoms with Crippen LogP contribution in [0.5, 0.6) is 0 Å². The van der Waals surface area contributed by atoms with E-state index in [1.165, 1.54) is 33.0 Å². The van der Waals surface area contributed by atoms with E-state index in [0.29, 0.717) is 5.92 Å². The normalized spacial score (nSPS) is 11.2. The van der Waals surface area contributed by atoms with Gasteiger partial charge in [-0.1, -0.05) is 74.5 Å². The van der Waals surface area contributed by atoms with Crippen LogP contribution in [0.25, 0.3) is 21.9 Å². The molecular weight excluding hydrogens is 252 g/mol. The number of hydrogen-bond donors (Lipinski definition) is 0. The lowest BCUT2D eigenvalue weighted by molar-refractivity contribution is 0.645. The van der Waals surface area contributed by atoms with Crippen LogP contribution in [-0.4, -0.2) is 0 Å². The highest BCUT2D eigenvalue weighted by Crippen LogP contribution is 2.32. The Kier molecular flexibility index (Phi) is 3.79. The molecule has 0 N–H and O–H groups in total. The molecule has 0 amide bonds. The molecule has 0 saturated carbocycles. The van der Waals surface area contributed by atoms with E-state index in [1.807, 2.05) is 0 Å². The topological polar surface area (TPSA) is 0 Å². The summed E-state index contributed by atoms with van der Waals surface area (Å²) >= 11 is 0. The average Bonchev–Trinajstić information content (AvgIpc) is 2.49. The summed E-state index contributed by atoms with van der Waals surface area (Å²) in [4.78, 5) is 0. The van der Waals surface area contributed by atoms with E-state index in [4.69, 9.17) is 0 Å². The van der Waals surface area contributed by atoms with Gasteiger partial charge in [0, 0.05) is 0 Å². The van der Waals surface area contributed by atoms with Crippen molar-refractivity contribution in [1.82, 2.24) is 0 Å². The average molecular weight is 274 g/mol. The van der Waals surface area contributed by atoms with E-state index in [2.05, 4.69) is 81.4 Å². The molecule has 0 atom stereocenters. The highest BCUT2D eigenvalue weighted by Gasteiger charge is 2.09. The van der Waals surface area contributed by atoms with Gasteiger partial charge in [0.05, 0.1) is 0 Å². The molecule has 0 fully saturated rings. The molecule has 0 bridgehead atoms. The van der Waals surface area contributed by atoms with Gasteiger partial charge in [-0.25, -0.2) is 0 Å². The standard InChI is InChI=1S/C21H22/c1-15(2)14-18-10-7-12-19(16(18)3)21-13-6-9-17-8-4-5-11-20(17)21/h4-13,15H,14H2,1-3H3. The van der Waals surface area contributed by atoms with Gasteiger partial charge < -0.3 is 0 Å². The first kappa shape index (κ1) is 13.9. The summed E-state index contributed by atoms with van der Waals surface area (Å²) in [5.41, 5.74) is 5.60. The first-order chi connectivity index (χ1) is 10.2. The Bertz CT molecular complexity index is 761. The Labute approximate surface area is 127 Å². The van der Waals surface area contributed by atoms with Crippen molar-refractivity contribution >= 4 is 10.8 Å². The quantitative estimate of drug-likeness (QED) is 0.548. The van der Waals surface area contributed by atoms with E-state index in [-0.39, 0.29) is 0 Å². The molecule has 0 heteroatoms. The lowest BCUT2D eigenvalue weighted by Crippen LogP contribution is -1.98. The van der Waals surface area contributed by atoms with Gasteiger partial charge in [-0.15, -0.1) is 0 Å². The van der Waals surface area contributed by atoms with Crippen molar-refractivity contribution in [3.63, 3.8) is 0 Å². The minimum absolute atomic E-state index is 0.687. The number of hydrogen-bond acceptors (Lipinski definition) is 0. The number of fused-ring (bicyclic) bond motifs is 1. The van der Waals surface area contributed by atoms with E-state index in [0.717, 1.165) is 6.42 Å². The van der Waals surface area contributed by atoms with Crippen LogP contribution in [-0.2, 0) is 6.42 Å². The lowest BCUT2D eigenvalue weighted by Gasteiger charge is -2.15. The van der Waals surface area contributed by atoms with Gasteiger partial charge in [-0.3, -0.25) is 0 Å². The molecule has 0 aliphatic heterocycles. The van der Waals surface area contributed by atoms with Crippen LogP contribution in [0.15, 0.2) is 60.7 Å². The zero-order valence-corrected chi connectivity index (χ0v) is 13.1. The number of rotatable bonds is 3. The molecule has 3 aromatic rings. The maximum atomic E-state index is 2.28. The fourth-order valence-corrected chi connectivity index (χ4v) is 3.10. The van der Waals surface area contributed by atoms with Gasteiger partial charge in [0.2, 0.25) is 0 Å². The van der Waals surface area contributed by atoms with E-state index in [1.54, 1.807) is 0 Å². The van der Waals surface area contributed by atoms with Crippen molar-refractivity contribution in [3.05, 3.63) is 71.8 Å². The Balaban J connectivity index is 2.19. The molecule has 0 aliphatic carbocycles. The molecule has 0 spiro atoms. The Morgan fingerprint density at radius 2 is 1.43 bits per heavy atom. The van der Waals surface area contributed by atoms with Gasteiger partial charge in [-0.05, 0) is 52.3 Å². The SMILES string of the molecule is Cc1c(CC(C)C)cccc1-c1cccc2ccccc12. The third kappa shape index (κ3) is 2.71. The third-order valence-corrected chi connectivity index (χ3v) is 4.15. The molecule has 0 radical (unpaired) electrons. The van der Waals surface area contributed by atoms with Crippen LogP contribution in [0, 0.1) is 12.8 Å². The summed E-state index contributed by atoms with van der Waals surface area (Å²) in [6.07, 6.45) is 1.14. The monoisotopic (exact) mass is 274 g/mol. The second-order valence-electron chi connectivity index (χ2n) is 6.21. The molecule has 3 rings (SSSR count). The molecule has 106 valence electrons. The maximum Gasteiger partial charge on any atom is -0.0103 e. The van der Waals surface area contributed by atoms with Gasteiger partial charge in [0.25, 0.3) is 0 Å². The minimum Gasteiger partial charge on any atom is -0.0625 e. The van der Waals surface area contributed by atoms with Crippen molar-refractivity contribution in [3.8, 4) is 11.1 Å². The second-order valence-corrected chi connectivity index (χ2v) is 6.21. The van der Waals surface area contributed by atoms with Crippen molar-refractivity contribution in [2.45, 2.75) is 27.2 Å². The van der Waals surface area contributed by atoms with Gasteiger partial charge >= 0.3 is 0 Å². The van der Waals surface area contributed by atoms with Crippen LogP contribution >= 0.6 is 0 Å². The summed E-state index contributed by atoms with van der Waals surface area (Å²) in [5.74, 6) is 0.687. The van der Waals surface area contributed by atoms with E-state index >= 15 is 0 Å². The zero-order valence-electron chi connectivity index (χ0n) is 13.1. The summed E-state index contributed by atoms with van der Waals surface area (Å²) < 4.78 is 0. The fraction of sp³-hybridized carbons (Fsp3) is 0.238. The second kappa shape index (κ2) is 5.73. The van der Waals surface area contributed by atoms with Crippen molar-refractivity contribution < 1.29 is 0 Å². The molecule has 0 saturated heterocycles. The van der Waals surface area contributed by atoms with Gasteiger partial charge in [-0.2, -0.15) is 0 Å². The third-order valence-electron chi connectivity index (χ3n) is 4.15. The molecule has 0 unspecified atom stereocenters. The molecule has 0 aromatic heterocycles. The zero-order chi connectivity index (χ0) is 14.8. The first-order valence-electron chi connectivity index (χ1n) is 7.73. The molecule has 21 heavy (non-hydrogen) atoms. The molecule has 0 aliphatic rings. The summed E-state index contributed by atoms with van der Waals surface area (Å²) in [7, 11) is 0. The van der Waals surface area contributed by atoms with E-state index in [9.17, 15) is 0 Å². The molecule has 0 nitrogen and oxygen atoms in total. The smallest absolute Gasteiger partial charge is 0.0103 e. The molecule has 0 heterocycles. The lowest BCUT2D eigenvalue weighted by atomic mass is 9.90. The van der Waals surface area contributed by atoms with Crippen LogP contribution in [0.2, 0.25) is 0 Å². The van der Waals surface area contributed by atoms with Crippen LogP contribution < -0.4 is 0 Å². The summed E-state index contributed by atoms with van der Waals surface area (Å²) in [6, 6.07) is 21.9. The predicted molar refractivity (Wildman–Crippen MR) is 92.7 cm³/mol. The van der Waals surface area contributed by atoms with Gasteiger partial charge in [0.15, 0.2) is 0 Å². The highest BCUT2D eigenvalue weighted by molar-refractivity contribution is 5.97. The summed E-state index contributed by atoms with van der Waals surface area (Å²) in [6.45, 7) is 6.82. The van der Waals surface area contributed by atoms with Gasteiger partial charge in [0.1, 0.15) is 0 Å². The van der Waals surface area contributed by atoms with Crippen LogP contribution in [0.4, 0.5) is 0 Å². The Hall–Kier alpha value is -2.08. The predicted octanol–water partition coefficient (Wildman–Crippen LogP) is 6.01. The van der Waals surface area contributed by atoms with Crippen molar-refractivity contribution in [2.24, 2.45) is 5.92 Å². The largest absolute Gasteiger partial charge is 0.0625 e. The molecular formula is C21H22. The van der Waals surface area contributed by atoms with Crippen molar-refractivity contribution in [2.75, 3.05) is 0 Å². The Morgan fingerprint density at radius 1 is 0.762 bits per heavy atom.